The first kappa shape index (κ1) is 12.5. The van der Waals surface area contributed by atoms with Crippen LogP contribution in [0.25, 0.3) is 0 Å². The van der Waals surface area contributed by atoms with Crippen LogP contribution in [0.4, 0.5) is 8.78 Å². The van der Waals surface area contributed by atoms with Crippen molar-refractivity contribution in [3.05, 3.63) is 35.4 Å². The molecule has 1 unspecified atom stereocenters. The van der Waals surface area contributed by atoms with Gasteiger partial charge in [-0.15, -0.1) is 0 Å². The number of benzene rings is 1. The van der Waals surface area contributed by atoms with E-state index in [0.717, 1.165) is 25.3 Å². The molecule has 2 nitrogen and oxygen atoms in total. The average molecular weight is 242 g/mol. The number of hydrogen-bond acceptors (Lipinski definition) is 2. The topological polar surface area (TPSA) is 29.5 Å². The maximum absolute atomic E-state index is 13.4. The van der Waals surface area contributed by atoms with Crippen molar-refractivity contribution < 1.29 is 18.6 Å². The molecule has 0 spiro atoms. The van der Waals surface area contributed by atoms with Gasteiger partial charge < -0.3 is 9.84 Å². The van der Waals surface area contributed by atoms with Gasteiger partial charge in [0, 0.05) is 19.6 Å². The second kappa shape index (κ2) is 4.70. The molecular formula is C13H16F2O2. The number of aliphatic hydroxyl groups is 1. The molecule has 1 aliphatic rings. The van der Waals surface area contributed by atoms with Crippen LogP contribution in [0.1, 0.15) is 24.8 Å². The summed E-state index contributed by atoms with van der Waals surface area (Å²) < 4.78 is 31.5. The summed E-state index contributed by atoms with van der Waals surface area (Å²) in [5, 5.41) is 10.1. The van der Waals surface area contributed by atoms with Crippen molar-refractivity contribution in [1.82, 2.24) is 0 Å². The molecular weight excluding hydrogens is 226 g/mol. The van der Waals surface area contributed by atoms with E-state index in [1.807, 2.05) is 0 Å². The van der Waals surface area contributed by atoms with Crippen molar-refractivity contribution in [3.63, 3.8) is 0 Å². The highest BCUT2D eigenvalue weighted by atomic mass is 19.1. The third-order valence-corrected chi connectivity index (χ3v) is 3.64. The third-order valence-electron chi connectivity index (χ3n) is 3.64. The number of hydrogen-bond donors (Lipinski definition) is 1. The van der Waals surface area contributed by atoms with E-state index in [4.69, 9.17) is 4.74 Å². The molecule has 1 saturated carbocycles. The summed E-state index contributed by atoms with van der Waals surface area (Å²) in [4.78, 5) is 0. The van der Waals surface area contributed by atoms with E-state index in [1.165, 1.54) is 12.1 Å². The van der Waals surface area contributed by atoms with Crippen LogP contribution in [0.15, 0.2) is 18.2 Å². The number of rotatable bonds is 4. The molecule has 1 fully saturated rings. The van der Waals surface area contributed by atoms with E-state index < -0.39 is 23.3 Å². The number of methoxy groups -OCH3 is 1. The van der Waals surface area contributed by atoms with Gasteiger partial charge in [0.15, 0.2) is 0 Å². The largest absolute Gasteiger partial charge is 0.390 e. The lowest BCUT2D eigenvalue weighted by Gasteiger charge is -2.44. The second-order valence-corrected chi connectivity index (χ2v) is 4.58. The molecule has 1 atom stereocenters. The van der Waals surface area contributed by atoms with Gasteiger partial charge in [-0.1, -0.05) is 6.07 Å². The monoisotopic (exact) mass is 242 g/mol. The van der Waals surface area contributed by atoms with Crippen molar-refractivity contribution in [2.45, 2.75) is 37.4 Å². The Hall–Kier alpha value is -1.00. The lowest BCUT2D eigenvalue weighted by molar-refractivity contribution is -0.148. The Bertz CT molecular complexity index is 397. The van der Waals surface area contributed by atoms with Crippen LogP contribution < -0.4 is 0 Å². The summed E-state index contributed by atoms with van der Waals surface area (Å²) >= 11 is 0. The second-order valence-electron chi connectivity index (χ2n) is 4.58. The van der Waals surface area contributed by atoms with E-state index >= 15 is 0 Å². The molecule has 1 aromatic carbocycles. The Kier molecular flexibility index (Phi) is 3.45. The Labute approximate surface area is 99.2 Å². The van der Waals surface area contributed by atoms with Crippen LogP contribution in [-0.2, 0) is 11.2 Å². The van der Waals surface area contributed by atoms with Gasteiger partial charge in [-0.3, -0.25) is 0 Å². The first-order valence-electron chi connectivity index (χ1n) is 5.74. The average Bonchev–Trinajstić information content (AvgIpc) is 2.21. The van der Waals surface area contributed by atoms with E-state index in [9.17, 15) is 13.9 Å². The van der Waals surface area contributed by atoms with Gasteiger partial charge in [0.05, 0.1) is 11.7 Å². The van der Waals surface area contributed by atoms with Gasteiger partial charge in [-0.05, 0) is 30.9 Å². The molecule has 0 saturated heterocycles. The molecule has 1 N–H and O–H groups in total. The predicted molar refractivity (Wildman–Crippen MR) is 59.7 cm³/mol. The lowest BCUT2D eigenvalue weighted by atomic mass is 9.74. The molecule has 94 valence electrons. The summed E-state index contributed by atoms with van der Waals surface area (Å²) in [6, 6.07) is 3.41. The van der Waals surface area contributed by atoms with Crippen molar-refractivity contribution in [2.24, 2.45) is 0 Å². The summed E-state index contributed by atoms with van der Waals surface area (Å²) in [7, 11) is 1.56. The van der Waals surface area contributed by atoms with Crippen molar-refractivity contribution in [2.75, 3.05) is 7.11 Å². The standard InChI is InChI=1S/C13H16F2O2/c1-17-13(5-2-6-13)12(16)7-9-3-4-10(14)8-11(9)15/h3-4,8,12,16H,2,5-7H2,1H3. The van der Waals surface area contributed by atoms with Gasteiger partial charge in [0.1, 0.15) is 11.6 Å². The zero-order valence-corrected chi connectivity index (χ0v) is 9.75. The van der Waals surface area contributed by atoms with Gasteiger partial charge in [0.25, 0.3) is 0 Å². The Morgan fingerprint density at radius 3 is 2.59 bits per heavy atom. The summed E-state index contributed by atoms with van der Waals surface area (Å²) in [6.07, 6.45) is 1.98. The fraction of sp³-hybridized carbons (Fsp3) is 0.538. The number of aliphatic hydroxyl groups excluding tert-OH is 1. The first-order valence-corrected chi connectivity index (χ1v) is 5.74. The molecule has 2 rings (SSSR count). The normalized spacial score (nSPS) is 19.8. The molecule has 0 bridgehead atoms. The van der Waals surface area contributed by atoms with Gasteiger partial charge >= 0.3 is 0 Å². The Morgan fingerprint density at radius 1 is 1.41 bits per heavy atom. The van der Waals surface area contributed by atoms with Crippen LogP contribution in [0.5, 0.6) is 0 Å². The minimum absolute atomic E-state index is 0.153. The van der Waals surface area contributed by atoms with Crippen LogP contribution in [0.2, 0.25) is 0 Å². The van der Waals surface area contributed by atoms with Crippen molar-refractivity contribution >= 4 is 0 Å². The minimum atomic E-state index is -0.749. The quantitative estimate of drug-likeness (QED) is 0.878. The summed E-state index contributed by atoms with van der Waals surface area (Å²) in [5.41, 5.74) is -0.219. The molecule has 0 radical (unpaired) electrons. The molecule has 0 aliphatic heterocycles. The number of ether oxygens (including phenoxy) is 1. The van der Waals surface area contributed by atoms with Crippen molar-refractivity contribution in [3.8, 4) is 0 Å². The molecule has 0 aromatic heterocycles. The maximum atomic E-state index is 13.4. The lowest BCUT2D eigenvalue weighted by Crippen LogP contribution is -2.50. The fourth-order valence-corrected chi connectivity index (χ4v) is 2.28. The Balaban J connectivity index is 2.10. The first-order chi connectivity index (χ1) is 8.07. The van der Waals surface area contributed by atoms with Crippen LogP contribution in [0, 0.1) is 11.6 Å². The third kappa shape index (κ3) is 2.33. The molecule has 4 heteroatoms. The van der Waals surface area contributed by atoms with E-state index in [2.05, 4.69) is 0 Å². The van der Waals surface area contributed by atoms with E-state index in [1.54, 1.807) is 7.11 Å². The highest BCUT2D eigenvalue weighted by molar-refractivity contribution is 5.20. The van der Waals surface area contributed by atoms with Gasteiger partial charge in [-0.2, -0.15) is 0 Å². The zero-order valence-electron chi connectivity index (χ0n) is 9.75. The van der Waals surface area contributed by atoms with E-state index in [-0.39, 0.29) is 6.42 Å². The van der Waals surface area contributed by atoms with E-state index in [0.29, 0.717) is 5.56 Å². The molecule has 0 heterocycles. The highest BCUT2D eigenvalue weighted by Gasteiger charge is 2.43. The molecule has 1 aromatic rings. The molecule has 17 heavy (non-hydrogen) atoms. The zero-order chi connectivity index (χ0) is 12.5. The van der Waals surface area contributed by atoms with Crippen LogP contribution in [-0.4, -0.2) is 23.9 Å². The van der Waals surface area contributed by atoms with Gasteiger partial charge in [0.2, 0.25) is 0 Å². The molecule has 1 aliphatic carbocycles. The smallest absolute Gasteiger partial charge is 0.129 e. The van der Waals surface area contributed by atoms with Crippen LogP contribution >= 0.6 is 0 Å². The summed E-state index contributed by atoms with van der Waals surface area (Å²) in [6.45, 7) is 0. The predicted octanol–water partition coefficient (Wildman–Crippen LogP) is 2.44. The molecule has 0 amide bonds. The highest BCUT2D eigenvalue weighted by Crippen LogP contribution is 2.39. The Morgan fingerprint density at radius 2 is 2.12 bits per heavy atom. The van der Waals surface area contributed by atoms with Crippen LogP contribution in [0.3, 0.4) is 0 Å². The van der Waals surface area contributed by atoms with Crippen molar-refractivity contribution in [1.29, 1.82) is 0 Å². The summed E-state index contributed by atoms with van der Waals surface area (Å²) in [5.74, 6) is -1.22. The number of halogens is 2. The maximum Gasteiger partial charge on any atom is 0.129 e. The fourth-order valence-electron chi connectivity index (χ4n) is 2.28. The van der Waals surface area contributed by atoms with Gasteiger partial charge in [-0.25, -0.2) is 8.78 Å². The SMILES string of the molecule is COC1(C(O)Cc2ccc(F)cc2F)CCC1. The minimum Gasteiger partial charge on any atom is -0.390 e.